The van der Waals surface area contributed by atoms with Crippen molar-refractivity contribution in [3.8, 4) is 17.6 Å². The van der Waals surface area contributed by atoms with Crippen LogP contribution in [-0.2, 0) is 14.8 Å². The minimum absolute atomic E-state index is 0.0988. The summed E-state index contributed by atoms with van der Waals surface area (Å²) in [6.45, 7) is -0.381. The van der Waals surface area contributed by atoms with E-state index < -0.39 is 45.2 Å². The van der Waals surface area contributed by atoms with E-state index in [9.17, 15) is 28.7 Å². The quantitative estimate of drug-likeness (QED) is 0.158. The number of aliphatic hydroxyl groups is 2. The van der Waals surface area contributed by atoms with Crippen molar-refractivity contribution in [1.29, 1.82) is 0 Å². The van der Waals surface area contributed by atoms with Crippen LogP contribution in [0.4, 0.5) is 11.5 Å². The molecule has 14 nitrogen and oxygen atoms in total. The largest absolute Gasteiger partial charge is 0.490 e. The van der Waals surface area contributed by atoms with E-state index >= 15 is 0 Å². The molecule has 42 heavy (non-hydrogen) atoms. The second-order valence-corrected chi connectivity index (χ2v) is 11.5. The highest BCUT2D eigenvalue weighted by Gasteiger charge is 2.45. The molecule has 0 spiro atoms. The van der Waals surface area contributed by atoms with Gasteiger partial charge in [0, 0.05) is 31.4 Å². The summed E-state index contributed by atoms with van der Waals surface area (Å²) >= 11 is 0. The lowest BCUT2D eigenvalue weighted by atomic mass is 10.1. The number of hydrogen-bond acceptors (Lipinski definition) is 11. The van der Waals surface area contributed by atoms with E-state index in [1.54, 1.807) is 6.20 Å². The number of nitrogens with two attached hydrogens (primary N) is 1. The molecule has 15 heteroatoms. The van der Waals surface area contributed by atoms with Crippen LogP contribution in [0, 0.1) is 22.0 Å². The van der Waals surface area contributed by atoms with Crippen LogP contribution in [0.15, 0.2) is 66.0 Å². The van der Waals surface area contributed by atoms with Gasteiger partial charge >= 0.3 is 5.69 Å². The minimum Gasteiger partial charge on any atom is -0.490 e. The summed E-state index contributed by atoms with van der Waals surface area (Å²) in [6, 6.07) is 12.5. The number of ether oxygens (including phenoxy) is 2. The molecule has 0 unspecified atom stereocenters. The normalized spacial score (nSPS) is 20.4. The van der Waals surface area contributed by atoms with Gasteiger partial charge in [0.1, 0.15) is 36.1 Å². The fourth-order valence-corrected chi connectivity index (χ4v) is 5.88. The van der Waals surface area contributed by atoms with Crippen molar-refractivity contribution in [2.45, 2.75) is 29.4 Å². The Bertz CT molecular complexity index is 1820. The maximum atomic E-state index is 13.3. The SMILES string of the molecule is COc1ccc(S(=O)(=O)N(C)C[C@H]2O[C@@H](n3cc(C#Cc4ccccc4)c4c(N)ncnc43)[C@H](O)[C@@H]2O)cc1[N+](=O)[O-]. The van der Waals surface area contributed by atoms with Gasteiger partial charge in [-0.15, -0.1) is 0 Å². The third-order valence-electron chi connectivity index (χ3n) is 6.86. The molecule has 3 heterocycles. The van der Waals surface area contributed by atoms with Gasteiger partial charge < -0.3 is 30.0 Å². The first-order valence-corrected chi connectivity index (χ1v) is 14.0. The number of anilines is 1. The number of fused-ring (bicyclic) bond motifs is 1. The lowest BCUT2D eigenvalue weighted by Crippen LogP contribution is -2.40. The number of nitrogens with zero attached hydrogens (tertiary/aromatic N) is 5. The highest BCUT2D eigenvalue weighted by molar-refractivity contribution is 7.89. The van der Waals surface area contributed by atoms with Crippen LogP contribution < -0.4 is 10.5 Å². The highest BCUT2D eigenvalue weighted by Crippen LogP contribution is 2.36. The zero-order valence-electron chi connectivity index (χ0n) is 22.4. The number of likely N-dealkylation sites (N-methyl/N-ethyl adjacent to an activating group) is 1. The van der Waals surface area contributed by atoms with Crippen LogP contribution in [0.1, 0.15) is 17.4 Å². The van der Waals surface area contributed by atoms with Gasteiger partial charge in [-0.05, 0) is 24.3 Å². The molecule has 1 fully saturated rings. The molecule has 0 aliphatic carbocycles. The maximum absolute atomic E-state index is 13.3. The van der Waals surface area contributed by atoms with Crippen molar-refractivity contribution in [3.63, 3.8) is 0 Å². The van der Waals surface area contributed by atoms with E-state index in [4.69, 9.17) is 15.2 Å². The van der Waals surface area contributed by atoms with Crippen molar-refractivity contribution in [3.05, 3.63) is 82.3 Å². The predicted octanol–water partition coefficient (Wildman–Crippen LogP) is 1.27. The van der Waals surface area contributed by atoms with E-state index in [-0.39, 0.29) is 23.0 Å². The van der Waals surface area contributed by atoms with Crippen LogP contribution in [0.2, 0.25) is 0 Å². The number of sulfonamides is 1. The zero-order chi connectivity index (χ0) is 30.2. The topological polar surface area (TPSA) is 196 Å². The molecular formula is C27H26N6O8S. The first-order chi connectivity index (χ1) is 20.0. The van der Waals surface area contributed by atoms with E-state index in [0.717, 1.165) is 15.9 Å². The molecule has 4 aromatic rings. The smallest absolute Gasteiger partial charge is 0.312 e. The lowest BCUT2D eigenvalue weighted by Gasteiger charge is -2.22. The minimum atomic E-state index is -4.26. The Balaban J connectivity index is 1.43. The summed E-state index contributed by atoms with van der Waals surface area (Å²) in [5, 5.41) is 33.6. The first-order valence-electron chi connectivity index (χ1n) is 12.5. The highest BCUT2D eigenvalue weighted by atomic mass is 32.2. The molecule has 5 rings (SSSR count). The number of nitro groups is 1. The van der Waals surface area contributed by atoms with Gasteiger partial charge in [-0.3, -0.25) is 10.1 Å². The summed E-state index contributed by atoms with van der Waals surface area (Å²) < 4.78 is 39.8. The Morgan fingerprint density at radius 3 is 2.60 bits per heavy atom. The molecule has 4 N–H and O–H groups in total. The number of aromatic nitrogens is 3. The summed E-state index contributed by atoms with van der Waals surface area (Å²) in [5.41, 5.74) is 7.13. The summed E-state index contributed by atoms with van der Waals surface area (Å²) in [6.07, 6.45) is -2.50. The Kier molecular flexibility index (Phi) is 7.82. The van der Waals surface area contributed by atoms with Crippen LogP contribution in [0.3, 0.4) is 0 Å². The Morgan fingerprint density at radius 1 is 1.17 bits per heavy atom. The predicted molar refractivity (Wildman–Crippen MR) is 150 cm³/mol. The standard InChI is InChI=1S/C27H26N6O8S/c1-31(42(38,39)18-10-11-20(40-2)19(12-18)33(36)37)14-21-23(34)24(35)27(41-21)32-13-17(9-8-16-6-4-3-5-7-16)22-25(28)29-15-30-26(22)32/h3-7,10-13,15,21,23-24,27,34-35H,14H2,1-2H3,(H2,28,29,30)/t21-,23-,24-,27-/m1/s1. The van der Waals surface area contributed by atoms with Gasteiger partial charge in [0.05, 0.1) is 27.9 Å². The van der Waals surface area contributed by atoms with E-state index in [1.807, 2.05) is 30.3 Å². The average molecular weight is 595 g/mol. The van der Waals surface area contributed by atoms with Crippen LogP contribution in [-0.4, -0.2) is 81.4 Å². The fourth-order valence-electron chi connectivity index (χ4n) is 4.67. The molecule has 1 aliphatic rings. The van der Waals surface area contributed by atoms with E-state index in [0.29, 0.717) is 16.6 Å². The molecule has 1 saturated heterocycles. The van der Waals surface area contributed by atoms with Crippen molar-refractivity contribution >= 4 is 32.6 Å². The van der Waals surface area contributed by atoms with Gasteiger partial charge in [0.15, 0.2) is 12.0 Å². The number of nitrogen functional groups attached to an aromatic ring is 1. The molecule has 0 bridgehead atoms. The molecule has 0 radical (unpaired) electrons. The zero-order valence-corrected chi connectivity index (χ0v) is 23.2. The molecule has 1 aliphatic heterocycles. The molecule has 2 aromatic carbocycles. The number of rotatable bonds is 7. The van der Waals surface area contributed by atoms with Crippen molar-refractivity contribution < 1.29 is 33.0 Å². The van der Waals surface area contributed by atoms with Crippen LogP contribution in [0.5, 0.6) is 5.75 Å². The third-order valence-corrected chi connectivity index (χ3v) is 8.68. The molecule has 0 amide bonds. The molecule has 218 valence electrons. The summed E-state index contributed by atoms with van der Waals surface area (Å²) in [4.78, 5) is 18.6. The maximum Gasteiger partial charge on any atom is 0.312 e. The second kappa shape index (κ2) is 11.4. The van der Waals surface area contributed by atoms with E-state index in [2.05, 4.69) is 21.8 Å². The molecular weight excluding hydrogens is 568 g/mol. The van der Waals surface area contributed by atoms with Crippen LogP contribution in [0.25, 0.3) is 11.0 Å². The van der Waals surface area contributed by atoms with Crippen molar-refractivity contribution in [2.75, 3.05) is 26.4 Å². The first kappa shape index (κ1) is 28.9. The number of benzene rings is 2. The van der Waals surface area contributed by atoms with Crippen molar-refractivity contribution in [2.24, 2.45) is 0 Å². The Morgan fingerprint density at radius 2 is 1.90 bits per heavy atom. The van der Waals surface area contributed by atoms with Gasteiger partial charge in [0.2, 0.25) is 10.0 Å². The number of nitro benzene ring substituents is 1. The molecule has 4 atom stereocenters. The summed E-state index contributed by atoms with van der Waals surface area (Å²) in [5.74, 6) is 6.13. The monoisotopic (exact) mass is 594 g/mol. The Labute approximate surface area is 240 Å². The number of hydrogen-bond donors (Lipinski definition) is 3. The average Bonchev–Trinajstić information content (AvgIpc) is 3.49. The van der Waals surface area contributed by atoms with Gasteiger partial charge in [-0.2, -0.15) is 4.31 Å². The molecule has 0 saturated carbocycles. The molecule has 2 aromatic heterocycles. The van der Waals surface area contributed by atoms with Crippen LogP contribution >= 0.6 is 0 Å². The van der Waals surface area contributed by atoms with Gasteiger partial charge in [-0.25, -0.2) is 18.4 Å². The Hall–Kier alpha value is -4.59. The number of aliphatic hydroxyl groups excluding tert-OH is 2. The lowest BCUT2D eigenvalue weighted by molar-refractivity contribution is -0.386. The van der Waals surface area contributed by atoms with Crippen molar-refractivity contribution in [1.82, 2.24) is 18.8 Å². The third kappa shape index (κ3) is 5.24. The number of methoxy groups -OCH3 is 1. The summed E-state index contributed by atoms with van der Waals surface area (Å²) in [7, 11) is -1.80. The van der Waals surface area contributed by atoms with Gasteiger partial charge in [-0.1, -0.05) is 30.0 Å². The fraction of sp³-hybridized carbons (Fsp3) is 0.259. The second-order valence-electron chi connectivity index (χ2n) is 9.45. The van der Waals surface area contributed by atoms with E-state index in [1.165, 1.54) is 37.2 Å². The van der Waals surface area contributed by atoms with Gasteiger partial charge in [0.25, 0.3) is 0 Å².